The second-order valence-corrected chi connectivity index (χ2v) is 9.92. The lowest BCUT2D eigenvalue weighted by atomic mass is 9.90. The highest BCUT2D eigenvalue weighted by atomic mass is 32.2. The van der Waals surface area contributed by atoms with Crippen LogP contribution in [0.5, 0.6) is 0 Å². The van der Waals surface area contributed by atoms with Gasteiger partial charge >= 0.3 is 0 Å². The number of carbonyl (C=O) groups is 1. The second kappa shape index (κ2) is 8.16. The first kappa shape index (κ1) is 18.7. The van der Waals surface area contributed by atoms with Crippen molar-refractivity contribution in [2.45, 2.75) is 44.4 Å². The van der Waals surface area contributed by atoms with Crippen molar-refractivity contribution in [2.24, 2.45) is 5.92 Å². The molecular formula is C19H21N3O2S3. The zero-order chi connectivity index (χ0) is 18.8. The van der Waals surface area contributed by atoms with E-state index in [1.807, 2.05) is 24.4 Å². The average Bonchev–Trinajstić information content (AvgIpc) is 3.38. The number of nitrogens with one attached hydrogen (secondary N) is 1. The molecule has 1 amide bonds. The lowest BCUT2D eigenvalue weighted by Gasteiger charge is -2.16. The number of aromatic nitrogens is 2. The van der Waals surface area contributed by atoms with Gasteiger partial charge in [0.15, 0.2) is 0 Å². The Morgan fingerprint density at radius 3 is 3.19 bits per heavy atom. The third kappa shape index (κ3) is 4.44. The van der Waals surface area contributed by atoms with Crippen molar-refractivity contribution in [2.75, 3.05) is 5.75 Å². The average molecular weight is 420 g/mol. The van der Waals surface area contributed by atoms with Gasteiger partial charge in [0.05, 0.1) is 16.7 Å². The van der Waals surface area contributed by atoms with E-state index in [-0.39, 0.29) is 17.7 Å². The van der Waals surface area contributed by atoms with Gasteiger partial charge in [0.2, 0.25) is 5.91 Å². The Balaban J connectivity index is 1.34. The molecule has 142 valence electrons. The normalized spacial score (nSPS) is 17.5. The third-order valence-corrected chi connectivity index (χ3v) is 7.72. The van der Waals surface area contributed by atoms with Crippen molar-refractivity contribution in [3.05, 3.63) is 38.9 Å². The van der Waals surface area contributed by atoms with Crippen LogP contribution in [-0.2, 0) is 17.6 Å². The first-order chi connectivity index (χ1) is 13.1. The maximum absolute atomic E-state index is 12.1. The van der Waals surface area contributed by atoms with Crippen molar-refractivity contribution in [3.63, 3.8) is 0 Å². The van der Waals surface area contributed by atoms with Crippen molar-refractivity contribution in [1.29, 1.82) is 0 Å². The topological polar surface area (TPSA) is 68.0 Å². The molecule has 0 bridgehead atoms. The molecule has 2 atom stereocenters. The fourth-order valence-electron chi connectivity index (χ4n) is 3.20. The standard InChI is InChI=1S/C19H21N3O2S3/c1-11-5-6-15-13(8-11)9-16(27-15)18-21-22-19(24-18)26-10-17(23)20-12(2)14-4-3-7-25-14/h3-4,7,9,11-12H,5-6,8,10H2,1-2H3,(H,20,23)/t11-,12-/m0/s1. The molecule has 3 aromatic heterocycles. The molecule has 0 spiro atoms. The summed E-state index contributed by atoms with van der Waals surface area (Å²) in [7, 11) is 0. The minimum Gasteiger partial charge on any atom is -0.410 e. The van der Waals surface area contributed by atoms with E-state index >= 15 is 0 Å². The van der Waals surface area contributed by atoms with Gasteiger partial charge in [-0.2, -0.15) is 0 Å². The number of nitrogens with zero attached hydrogens (tertiary/aromatic N) is 2. The van der Waals surface area contributed by atoms with Gasteiger partial charge in [-0.3, -0.25) is 4.79 Å². The highest BCUT2D eigenvalue weighted by molar-refractivity contribution is 7.99. The Hall–Kier alpha value is -1.64. The van der Waals surface area contributed by atoms with E-state index in [1.165, 1.54) is 28.6 Å². The van der Waals surface area contributed by atoms with Crippen molar-refractivity contribution in [1.82, 2.24) is 15.5 Å². The van der Waals surface area contributed by atoms with Crippen LogP contribution in [0.3, 0.4) is 0 Å². The third-order valence-electron chi connectivity index (χ3n) is 4.62. The van der Waals surface area contributed by atoms with Crippen molar-refractivity contribution >= 4 is 40.3 Å². The molecule has 4 rings (SSSR count). The van der Waals surface area contributed by atoms with E-state index < -0.39 is 0 Å². The van der Waals surface area contributed by atoms with E-state index in [0.29, 0.717) is 11.1 Å². The molecule has 0 unspecified atom stereocenters. The molecule has 1 aliphatic rings. The zero-order valence-electron chi connectivity index (χ0n) is 15.2. The predicted molar refractivity (Wildman–Crippen MR) is 110 cm³/mol. The lowest BCUT2D eigenvalue weighted by molar-refractivity contribution is -0.119. The monoisotopic (exact) mass is 419 g/mol. The van der Waals surface area contributed by atoms with Crippen LogP contribution >= 0.6 is 34.4 Å². The molecule has 1 N–H and O–H groups in total. The quantitative estimate of drug-likeness (QED) is 0.572. The predicted octanol–water partition coefficient (Wildman–Crippen LogP) is 4.95. The first-order valence-corrected chi connectivity index (χ1v) is 11.7. The van der Waals surface area contributed by atoms with Crippen LogP contribution in [0.1, 0.15) is 41.6 Å². The summed E-state index contributed by atoms with van der Waals surface area (Å²) in [6.45, 7) is 4.28. The van der Waals surface area contributed by atoms with Gasteiger partial charge in [-0.05, 0) is 55.2 Å². The summed E-state index contributed by atoms with van der Waals surface area (Å²) in [6, 6.07) is 6.21. The van der Waals surface area contributed by atoms with E-state index in [0.717, 1.165) is 28.5 Å². The molecule has 1 aliphatic carbocycles. The molecule has 0 fully saturated rings. The number of amides is 1. The molecule has 0 aromatic carbocycles. The first-order valence-electron chi connectivity index (χ1n) is 8.99. The lowest BCUT2D eigenvalue weighted by Crippen LogP contribution is -2.27. The summed E-state index contributed by atoms with van der Waals surface area (Å²) < 4.78 is 5.78. The molecule has 5 nitrogen and oxygen atoms in total. The van der Waals surface area contributed by atoms with Crippen LogP contribution in [0.15, 0.2) is 33.2 Å². The Kier molecular flexibility index (Phi) is 5.66. The van der Waals surface area contributed by atoms with Crippen LogP contribution in [0, 0.1) is 5.92 Å². The van der Waals surface area contributed by atoms with Crippen molar-refractivity contribution in [3.8, 4) is 10.8 Å². The van der Waals surface area contributed by atoms with Gasteiger partial charge in [0.25, 0.3) is 11.1 Å². The molecule has 0 saturated carbocycles. The van der Waals surface area contributed by atoms with E-state index in [9.17, 15) is 4.79 Å². The number of fused-ring (bicyclic) bond motifs is 1. The molecule has 8 heteroatoms. The van der Waals surface area contributed by atoms with Gasteiger partial charge in [0.1, 0.15) is 0 Å². The number of thiophene rings is 2. The number of carbonyl (C=O) groups excluding carboxylic acids is 1. The van der Waals surface area contributed by atoms with Crippen LogP contribution in [0.2, 0.25) is 0 Å². The number of rotatable bonds is 6. The van der Waals surface area contributed by atoms with E-state index in [2.05, 4.69) is 28.5 Å². The molecule has 0 saturated heterocycles. The maximum atomic E-state index is 12.1. The number of thioether (sulfide) groups is 1. The molecule has 3 heterocycles. The van der Waals surface area contributed by atoms with Crippen LogP contribution < -0.4 is 5.32 Å². The molecule has 3 aromatic rings. The Bertz CT molecular complexity index is 917. The summed E-state index contributed by atoms with van der Waals surface area (Å²) in [5.41, 5.74) is 1.42. The van der Waals surface area contributed by atoms with Crippen molar-refractivity contribution < 1.29 is 9.21 Å². The van der Waals surface area contributed by atoms with Gasteiger partial charge in [-0.15, -0.1) is 32.9 Å². The van der Waals surface area contributed by atoms with Gasteiger partial charge in [-0.25, -0.2) is 0 Å². The van der Waals surface area contributed by atoms with E-state index in [1.54, 1.807) is 22.7 Å². The van der Waals surface area contributed by atoms with Crippen LogP contribution in [-0.4, -0.2) is 21.9 Å². The van der Waals surface area contributed by atoms with E-state index in [4.69, 9.17) is 4.42 Å². The highest BCUT2D eigenvalue weighted by Crippen LogP contribution is 2.37. The summed E-state index contributed by atoms with van der Waals surface area (Å²) in [5.74, 6) is 1.51. The number of hydrogen-bond donors (Lipinski definition) is 1. The summed E-state index contributed by atoms with van der Waals surface area (Å²) in [6.07, 6.45) is 3.51. The maximum Gasteiger partial charge on any atom is 0.277 e. The number of aryl methyl sites for hydroxylation is 1. The summed E-state index contributed by atoms with van der Waals surface area (Å²) in [5, 5.41) is 13.7. The van der Waals surface area contributed by atoms with Crippen LogP contribution in [0.4, 0.5) is 0 Å². The SMILES string of the molecule is C[C@H]1CCc2sc(-c3nnc(SCC(=O)N[C@@H](C)c4cccs4)o3)cc2C1. The highest BCUT2D eigenvalue weighted by Gasteiger charge is 2.21. The molecule has 27 heavy (non-hydrogen) atoms. The molecule has 0 radical (unpaired) electrons. The number of hydrogen-bond acceptors (Lipinski definition) is 7. The minimum atomic E-state index is -0.0405. The molecular weight excluding hydrogens is 398 g/mol. The summed E-state index contributed by atoms with van der Waals surface area (Å²) in [4.78, 5) is 15.8. The smallest absolute Gasteiger partial charge is 0.277 e. The Morgan fingerprint density at radius 1 is 1.48 bits per heavy atom. The van der Waals surface area contributed by atoms with Gasteiger partial charge in [-0.1, -0.05) is 24.8 Å². The van der Waals surface area contributed by atoms with Gasteiger partial charge < -0.3 is 9.73 Å². The Labute approximate surface area is 170 Å². The fourth-order valence-corrected chi connectivity index (χ4v) is 5.64. The van der Waals surface area contributed by atoms with Gasteiger partial charge in [0, 0.05) is 9.75 Å². The largest absolute Gasteiger partial charge is 0.410 e. The zero-order valence-corrected chi connectivity index (χ0v) is 17.7. The second-order valence-electron chi connectivity index (χ2n) is 6.87. The van der Waals surface area contributed by atoms with Crippen LogP contribution in [0.25, 0.3) is 10.8 Å². The Morgan fingerprint density at radius 2 is 2.37 bits per heavy atom. The molecule has 0 aliphatic heterocycles. The minimum absolute atomic E-state index is 0.0103. The summed E-state index contributed by atoms with van der Waals surface area (Å²) >= 11 is 4.66. The fraction of sp³-hybridized carbons (Fsp3) is 0.421.